The Kier molecular flexibility index (Phi) is 4.95. The van der Waals surface area contributed by atoms with Gasteiger partial charge >= 0.3 is 0 Å². The summed E-state index contributed by atoms with van der Waals surface area (Å²) in [7, 11) is 0. The number of para-hydroxylation sites is 1. The monoisotopic (exact) mass is 342 g/mol. The number of carbonyl (C=O) groups excluding carboxylic acids is 1. The lowest BCUT2D eigenvalue weighted by Crippen LogP contribution is -2.14. The summed E-state index contributed by atoms with van der Waals surface area (Å²) in [6, 6.07) is 18.6. The molecule has 0 fully saturated rings. The van der Waals surface area contributed by atoms with E-state index < -0.39 is 0 Å². The molecule has 128 valence electrons. The van der Waals surface area contributed by atoms with Crippen LogP contribution >= 0.6 is 0 Å². The van der Waals surface area contributed by atoms with Gasteiger partial charge in [-0.3, -0.25) is 4.79 Å². The average molecular weight is 342 g/mol. The number of benzene rings is 2. The molecule has 1 aromatic heterocycles. The van der Waals surface area contributed by atoms with Crippen LogP contribution in [0.3, 0.4) is 0 Å². The average Bonchev–Trinajstić information content (AvgIpc) is 2.65. The molecular weight excluding hydrogens is 324 g/mol. The molecule has 1 amide bonds. The number of hydrogen-bond donors (Lipinski definition) is 2. The van der Waals surface area contributed by atoms with Crippen molar-refractivity contribution in [3.8, 4) is 6.07 Å². The van der Waals surface area contributed by atoms with Gasteiger partial charge in [0.1, 0.15) is 11.8 Å². The van der Waals surface area contributed by atoms with Crippen LogP contribution in [-0.2, 0) is 0 Å². The topological polar surface area (TPSA) is 77.8 Å². The first-order valence-electron chi connectivity index (χ1n) is 8.17. The van der Waals surface area contributed by atoms with Gasteiger partial charge in [-0.25, -0.2) is 4.98 Å². The minimum Gasteiger partial charge on any atom is -0.353 e. The highest BCUT2D eigenvalue weighted by Crippen LogP contribution is 2.20. The van der Waals surface area contributed by atoms with Crippen LogP contribution in [0.25, 0.3) is 0 Å². The number of hydrogen-bond acceptors (Lipinski definition) is 4. The molecule has 2 N–H and O–H groups in total. The van der Waals surface area contributed by atoms with Crippen LogP contribution in [0.15, 0.2) is 60.8 Å². The smallest absolute Gasteiger partial charge is 0.274 e. The van der Waals surface area contributed by atoms with Crippen LogP contribution in [0.1, 0.15) is 27.2 Å². The molecule has 0 aliphatic rings. The maximum atomic E-state index is 12.4. The molecule has 0 aliphatic carbocycles. The van der Waals surface area contributed by atoms with Gasteiger partial charge in [0.2, 0.25) is 0 Å². The Bertz CT molecular complexity index is 988. The number of aryl methyl sites for hydroxylation is 2. The molecular formula is C21H18N4O. The SMILES string of the molecule is Cc1ccc(NC(=O)c2ccc(Nc3ccccc3C#N)cn2)c(C)c1. The minimum atomic E-state index is -0.263. The molecule has 3 rings (SSSR count). The molecule has 5 heteroatoms. The van der Waals surface area contributed by atoms with Crippen LogP contribution in [0.2, 0.25) is 0 Å². The second-order valence-corrected chi connectivity index (χ2v) is 5.99. The van der Waals surface area contributed by atoms with E-state index in [1.807, 2.05) is 50.2 Å². The highest BCUT2D eigenvalue weighted by molar-refractivity contribution is 6.03. The summed E-state index contributed by atoms with van der Waals surface area (Å²) in [5.74, 6) is -0.263. The molecule has 26 heavy (non-hydrogen) atoms. The number of anilines is 3. The van der Waals surface area contributed by atoms with Crippen molar-refractivity contribution in [2.45, 2.75) is 13.8 Å². The van der Waals surface area contributed by atoms with Gasteiger partial charge in [-0.15, -0.1) is 0 Å². The van der Waals surface area contributed by atoms with Crippen molar-refractivity contribution in [2.75, 3.05) is 10.6 Å². The van der Waals surface area contributed by atoms with E-state index in [4.69, 9.17) is 5.26 Å². The van der Waals surface area contributed by atoms with Gasteiger partial charge in [-0.05, 0) is 49.7 Å². The van der Waals surface area contributed by atoms with E-state index in [1.54, 1.807) is 24.4 Å². The molecule has 0 saturated heterocycles. The van der Waals surface area contributed by atoms with Crippen molar-refractivity contribution in [3.05, 3.63) is 83.2 Å². The summed E-state index contributed by atoms with van der Waals surface area (Å²) < 4.78 is 0. The Balaban J connectivity index is 1.73. The zero-order valence-corrected chi connectivity index (χ0v) is 14.6. The third-order valence-corrected chi connectivity index (χ3v) is 3.95. The number of aromatic nitrogens is 1. The number of nitrogens with zero attached hydrogens (tertiary/aromatic N) is 2. The van der Waals surface area contributed by atoms with Crippen molar-refractivity contribution in [3.63, 3.8) is 0 Å². The fourth-order valence-corrected chi connectivity index (χ4v) is 2.59. The second-order valence-electron chi connectivity index (χ2n) is 5.99. The second kappa shape index (κ2) is 7.49. The Hall–Kier alpha value is -3.65. The highest BCUT2D eigenvalue weighted by Gasteiger charge is 2.10. The first kappa shape index (κ1) is 17.2. The predicted octanol–water partition coefficient (Wildman–Crippen LogP) is 4.57. The molecule has 1 heterocycles. The van der Waals surface area contributed by atoms with Gasteiger partial charge in [0.15, 0.2) is 0 Å². The molecule has 2 aromatic carbocycles. The Morgan fingerprint density at radius 2 is 1.85 bits per heavy atom. The summed E-state index contributed by atoms with van der Waals surface area (Å²) in [6.07, 6.45) is 1.57. The molecule has 0 bridgehead atoms. The first-order valence-corrected chi connectivity index (χ1v) is 8.17. The van der Waals surface area contributed by atoms with E-state index in [2.05, 4.69) is 21.7 Å². The third-order valence-electron chi connectivity index (χ3n) is 3.95. The summed E-state index contributed by atoms with van der Waals surface area (Å²) >= 11 is 0. The summed E-state index contributed by atoms with van der Waals surface area (Å²) in [6.45, 7) is 3.96. The van der Waals surface area contributed by atoms with Crippen LogP contribution in [0.4, 0.5) is 17.1 Å². The van der Waals surface area contributed by atoms with Crippen molar-refractivity contribution in [1.29, 1.82) is 5.26 Å². The lowest BCUT2D eigenvalue weighted by Gasteiger charge is -2.10. The highest BCUT2D eigenvalue weighted by atomic mass is 16.1. The van der Waals surface area contributed by atoms with E-state index >= 15 is 0 Å². The predicted molar refractivity (Wildman–Crippen MR) is 103 cm³/mol. The van der Waals surface area contributed by atoms with E-state index in [9.17, 15) is 4.79 Å². The quantitative estimate of drug-likeness (QED) is 0.728. The van der Waals surface area contributed by atoms with Gasteiger partial charge in [0, 0.05) is 5.69 Å². The van der Waals surface area contributed by atoms with Crippen molar-refractivity contribution >= 4 is 23.0 Å². The molecule has 3 aromatic rings. The molecule has 0 atom stereocenters. The van der Waals surface area contributed by atoms with Crippen LogP contribution in [0, 0.1) is 25.2 Å². The summed E-state index contributed by atoms with van der Waals surface area (Å²) in [5, 5.41) is 15.1. The molecule has 0 aliphatic heterocycles. The molecule has 0 unspecified atom stereocenters. The standard InChI is InChI=1S/C21H18N4O/c1-14-7-9-18(15(2)11-14)25-21(26)20-10-8-17(13-23-20)24-19-6-4-3-5-16(19)12-22/h3-11,13,24H,1-2H3,(H,25,26). The van der Waals surface area contributed by atoms with E-state index in [1.165, 1.54) is 0 Å². The molecule has 0 radical (unpaired) electrons. The fraction of sp³-hybridized carbons (Fsp3) is 0.0952. The lowest BCUT2D eigenvalue weighted by molar-refractivity contribution is 0.102. The largest absolute Gasteiger partial charge is 0.353 e. The molecule has 0 saturated carbocycles. The zero-order valence-electron chi connectivity index (χ0n) is 14.6. The number of pyridine rings is 1. The van der Waals surface area contributed by atoms with Crippen LogP contribution in [0.5, 0.6) is 0 Å². The maximum Gasteiger partial charge on any atom is 0.274 e. The van der Waals surface area contributed by atoms with Gasteiger partial charge < -0.3 is 10.6 Å². The number of rotatable bonds is 4. The van der Waals surface area contributed by atoms with Crippen LogP contribution in [-0.4, -0.2) is 10.9 Å². The van der Waals surface area contributed by atoms with Gasteiger partial charge in [0.25, 0.3) is 5.91 Å². The van der Waals surface area contributed by atoms with Gasteiger partial charge in [-0.2, -0.15) is 5.26 Å². The number of nitrogens with one attached hydrogen (secondary N) is 2. The summed E-state index contributed by atoms with van der Waals surface area (Å²) in [4.78, 5) is 16.6. The number of carbonyl (C=O) groups is 1. The Morgan fingerprint density at radius 1 is 1.04 bits per heavy atom. The first-order chi connectivity index (χ1) is 12.6. The zero-order chi connectivity index (χ0) is 18.5. The lowest BCUT2D eigenvalue weighted by atomic mass is 10.1. The van der Waals surface area contributed by atoms with Crippen molar-refractivity contribution in [2.24, 2.45) is 0 Å². The summed E-state index contributed by atoms with van der Waals surface area (Å²) in [5.41, 5.74) is 5.19. The van der Waals surface area contributed by atoms with Crippen molar-refractivity contribution < 1.29 is 4.79 Å². The Labute approximate surface area is 152 Å². The van der Waals surface area contributed by atoms with E-state index in [0.717, 1.165) is 16.8 Å². The van der Waals surface area contributed by atoms with E-state index in [0.29, 0.717) is 22.6 Å². The van der Waals surface area contributed by atoms with Gasteiger partial charge in [0.05, 0.1) is 23.1 Å². The minimum absolute atomic E-state index is 0.263. The molecule has 0 spiro atoms. The van der Waals surface area contributed by atoms with E-state index in [-0.39, 0.29) is 5.91 Å². The number of amides is 1. The van der Waals surface area contributed by atoms with Crippen LogP contribution < -0.4 is 10.6 Å². The fourth-order valence-electron chi connectivity index (χ4n) is 2.59. The van der Waals surface area contributed by atoms with Gasteiger partial charge in [-0.1, -0.05) is 29.8 Å². The Morgan fingerprint density at radius 3 is 2.54 bits per heavy atom. The normalized spacial score (nSPS) is 10.0. The van der Waals surface area contributed by atoms with Crippen molar-refractivity contribution in [1.82, 2.24) is 4.98 Å². The maximum absolute atomic E-state index is 12.4. The third kappa shape index (κ3) is 3.87. The molecule has 5 nitrogen and oxygen atoms in total. The number of nitriles is 1.